The molecule has 0 amide bonds. The molecule has 1 N–H and O–H groups in total. The number of ether oxygens (including phenoxy) is 1. The van der Waals surface area contributed by atoms with Gasteiger partial charge < -0.3 is 4.74 Å². The fourth-order valence-electron chi connectivity index (χ4n) is 1.29. The average molecular weight is 326 g/mol. The van der Waals surface area contributed by atoms with E-state index in [1.165, 1.54) is 18.2 Å². The number of nitrogens with one attached hydrogen (secondary N) is 1. The van der Waals surface area contributed by atoms with Crippen molar-refractivity contribution in [2.45, 2.75) is 18.2 Å². The van der Waals surface area contributed by atoms with Crippen molar-refractivity contribution in [1.82, 2.24) is 4.72 Å². The SMILES string of the molecule is CCOC(=O)CCNS(=O)(=O)c1ccc(Cl)cc1Cl. The van der Waals surface area contributed by atoms with Crippen molar-refractivity contribution >= 4 is 39.2 Å². The number of esters is 1. The summed E-state index contributed by atoms with van der Waals surface area (Å²) in [5.74, 6) is -0.465. The maximum atomic E-state index is 11.9. The summed E-state index contributed by atoms with van der Waals surface area (Å²) < 4.78 is 30.8. The Labute approximate surface area is 121 Å². The van der Waals surface area contributed by atoms with Crippen LogP contribution in [0, 0.1) is 0 Å². The highest BCUT2D eigenvalue weighted by molar-refractivity contribution is 7.89. The Morgan fingerprint density at radius 3 is 2.63 bits per heavy atom. The van der Waals surface area contributed by atoms with Crippen LogP contribution in [0.3, 0.4) is 0 Å². The molecule has 1 aromatic rings. The van der Waals surface area contributed by atoms with Gasteiger partial charge in [-0.2, -0.15) is 0 Å². The summed E-state index contributed by atoms with van der Waals surface area (Å²) in [4.78, 5) is 11.0. The molecule has 0 atom stereocenters. The molecule has 0 aliphatic heterocycles. The number of sulfonamides is 1. The second-order valence-electron chi connectivity index (χ2n) is 3.53. The van der Waals surface area contributed by atoms with Gasteiger partial charge >= 0.3 is 5.97 Å². The van der Waals surface area contributed by atoms with Crippen molar-refractivity contribution in [2.75, 3.05) is 13.2 Å². The molecule has 0 saturated heterocycles. The second kappa shape index (κ2) is 7.09. The van der Waals surface area contributed by atoms with Gasteiger partial charge in [0.2, 0.25) is 10.0 Å². The topological polar surface area (TPSA) is 72.5 Å². The van der Waals surface area contributed by atoms with E-state index in [9.17, 15) is 13.2 Å². The number of halogens is 2. The zero-order valence-corrected chi connectivity index (χ0v) is 12.5. The molecule has 8 heteroatoms. The van der Waals surface area contributed by atoms with Crippen molar-refractivity contribution in [3.05, 3.63) is 28.2 Å². The summed E-state index contributed by atoms with van der Waals surface area (Å²) in [7, 11) is -3.77. The molecule has 0 bridgehead atoms. The maximum absolute atomic E-state index is 11.9. The predicted octanol–water partition coefficient (Wildman–Crippen LogP) is 2.22. The zero-order valence-electron chi connectivity index (χ0n) is 10.2. The maximum Gasteiger partial charge on any atom is 0.307 e. The lowest BCUT2D eigenvalue weighted by atomic mass is 10.4. The summed E-state index contributed by atoms with van der Waals surface area (Å²) >= 11 is 11.5. The molecule has 0 saturated carbocycles. The van der Waals surface area contributed by atoms with Crippen molar-refractivity contribution in [1.29, 1.82) is 0 Å². The third-order valence-electron chi connectivity index (χ3n) is 2.11. The third kappa shape index (κ3) is 4.99. The van der Waals surface area contributed by atoms with Crippen LogP contribution in [0.4, 0.5) is 0 Å². The molecule has 19 heavy (non-hydrogen) atoms. The molecule has 0 unspecified atom stereocenters. The van der Waals surface area contributed by atoms with Crippen LogP contribution in [0.15, 0.2) is 23.1 Å². The van der Waals surface area contributed by atoms with Gasteiger partial charge in [-0.3, -0.25) is 4.79 Å². The lowest BCUT2D eigenvalue weighted by Gasteiger charge is -2.08. The minimum atomic E-state index is -3.77. The molecule has 1 aromatic carbocycles. The van der Waals surface area contributed by atoms with Gasteiger partial charge in [-0.1, -0.05) is 23.2 Å². The van der Waals surface area contributed by atoms with Gasteiger partial charge in [-0.15, -0.1) is 0 Å². The normalized spacial score (nSPS) is 11.3. The van der Waals surface area contributed by atoms with Crippen molar-refractivity contribution in [2.24, 2.45) is 0 Å². The summed E-state index contributed by atoms with van der Waals surface area (Å²) in [6, 6.07) is 4.06. The van der Waals surface area contributed by atoms with Gasteiger partial charge in [-0.25, -0.2) is 13.1 Å². The number of benzene rings is 1. The molecule has 106 valence electrons. The highest BCUT2D eigenvalue weighted by atomic mass is 35.5. The fourth-order valence-corrected chi connectivity index (χ4v) is 3.09. The van der Waals surface area contributed by atoms with E-state index in [0.29, 0.717) is 5.02 Å². The fraction of sp³-hybridized carbons (Fsp3) is 0.364. The van der Waals surface area contributed by atoms with Gasteiger partial charge in [0.25, 0.3) is 0 Å². The molecule has 0 radical (unpaired) electrons. The van der Waals surface area contributed by atoms with Crippen LogP contribution in [0.2, 0.25) is 10.0 Å². The second-order valence-corrected chi connectivity index (χ2v) is 6.11. The molecular weight excluding hydrogens is 313 g/mol. The summed E-state index contributed by atoms with van der Waals surface area (Å²) in [6.45, 7) is 1.88. The van der Waals surface area contributed by atoms with E-state index in [0.717, 1.165) is 0 Å². The van der Waals surface area contributed by atoms with Crippen LogP contribution in [0.25, 0.3) is 0 Å². The Morgan fingerprint density at radius 1 is 1.37 bits per heavy atom. The Bertz CT molecular complexity index is 560. The molecular formula is C11H13Cl2NO4S. The Hall–Kier alpha value is -0.820. The van der Waals surface area contributed by atoms with Crippen LogP contribution in [0.5, 0.6) is 0 Å². The van der Waals surface area contributed by atoms with E-state index in [-0.39, 0.29) is 29.5 Å². The van der Waals surface area contributed by atoms with E-state index < -0.39 is 16.0 Å². The first-order chi connectivity index (χ1) is 8.86. The van der Waals surface area contributed by atoms with E-state index in [1.54, 1.807) is 6.92 Å². The van der Waals surface area contributed by atoms with E-state index in [4.69, 9.17) is 23.2 Å². The van der Waals surface area contributed by atoms with E-state index in [1.807, 2.05) is 0 Å². The van der Waals surface area contributed by atoms with Crippen LogP contribution in [-0.4, -0.2) is 27.5 Å². The average Bonchev–Trinajstić information content (AvgIpc) is 2.28. The van der Waals surface area contributed by atoms with Crippen LogP contribution < -0.4 is 4.72 Å². The van der Waals surface area contributed by atoms with Gasteiger partial charge in [0.1, 0.15) is 4.90 Å². The first-order valence-corrected chi connectivity index (χ1v) is 7.71. The minimum Gasteiger partial charge on any atom is -0.466 e. The standard InChI is InChI=1S/C11H13Cl2NO4S/c1-2-18-11(15)5-6-14-19(16,17)10-4-3-8(12)7-9(10)13/h3-4,7,14H,2,5-6H2,1H3. The van der Waals surface area contributed by atoms with Gasteiger partial charge in [-0.05, 0) is 25.1 Å². The minimum absolute atomic E-state index is 0.0242. The zero-order chi connectivity index (χ0) is 14.5. The number of carbonyl (C=O) groups excluding carboxylic acids is 1. The number of hydrogen-bond acceptors (Lipinski definition) is 4. The smallest absolute Gasteiger partial charge is 0.307 e. The largest absolute Gasteiger partial charge is 0.466 e. The lowest BCUT2D eigenvalue weighted by molar-refractivity contribution is -0.142. The van der Waals surface area contributed by atoms with Crippen molar-refractivity contribution < 1.29 is 17.9 Å². The molecule has 0 aliphatic rings. The van der Waals surface area contributed by atoms with Crippen LogP contribution >= 0.6 is 23.2 Å². The van der Waals surface area contributed by atoms with Gasteiger partial charge in [0, 0.05) is 11.6 Å². The van der Waals surface area contributed by atoms with Crippen molar-refractivity contribution in [3.63, 3.8) is 0 Å². The quantitative estimate of drug-likeness (QED) is 0.814. The first-order valence-electron chi connectivity index (χ1n) is 5.47. The molecule has 0 spiro atoms. The monoisotopic (exact) mass is 325 g/mol. The Morgan fingerprint density at radius 2 is 2.05 bits per heavy atom. The van der Waals surface area contributed by atoms with Crippen LogP contribution in [-0.2, 0) is 19.6 Å². The number of rotatable bonds is 6. The number of hydrogen-bond donors (Lipinski definition) is 1. The highest BCUT2D eigenvalue weighted by Crippen LogP contribution is 2.24. The third-order valence-corrected chi connectivity index (χ3v) is 4.29. The summed E-state index contributed by atoms with van der Waals surface area (Å²) in [5, 5.41) is 0.367. The molecule has 0 aromatic heterocycles. The first kappa shape index (κ1) is 16.2. The molecule has 1 rings (SSSR count). The molecule has 0 aliphatic carbocycles. The van der Waals surface area contributed by atoms with E-state index >= 15 is 0 Å². The lowest BCUT2D eigenvalue weighted by Crippen LogP contribution is -2.27. The van der Waals surface area contributed by atoms with Crippen LogP contribution in [0.1, 0.15) is 13.3 Å². The predicted molar refractivity (Wildman–Crippen MR) is 72.9 cm³/mol. The van der Waals surface area contributed by atoms with Crippen molar-refractivity contribution in [3.8, 4) is 0 Å². The summed E-state index contributed by atoms with van der Waals surface area (Å²) in [6.07, 6.45) is -0.0434. The molecule has 0 fully saturated rings. The molecule has 0 heterocycles. The van der Waals surface area contributed by atoms with Gasteiger partial charge in [0.15, 0.2) is 0 Å². The molecule has 5 nitrogen and oxygen atoms in total. The Balaban J connectivity index is 2.68. The number of carbonyl (C=O) groups is 1. The summed E-state index contributed by atoms with van der Waals surface area (Å²) in [5.41, 5.74) is 0. The highest BCUT2D eigenvalue weighted by Gasteiger charge is 2.18. The Kier molecular flexibility index (Phi) is 6.06. The van der Waals surface area contributed by atoms with E-state index in [2.05, 4.69) is 9.46 Å². The van der Waals surface area contributed by atoms with Gasteiger partial charge in [0.05, 0.1) is 18.1 Å².